The lowest BCUT2D eigenvalue weighted by atomic mass is 9.94. The van der Waals surface area contributed by atoms with Crippen molar-refractivity contribution in [2.45, 2.75) is 26.9 Å². The van der Waals surface area contributed by atoms with E-state index < -0.39 is 6.10 Å². The molecule has 1 aliphatic heterocycles. The van der Waals surface area contributed by atoms with Gasteiger partial charge in [0.05, 0.1) is 13.2 Å². The van der Waals surface area contributed by atoms with Crippen molar-refractivity contribution in [2.75, 3.05) is 44.7 Å². The SMILES string of the molecule is C.CCN1CCN(c2cc(-c3ccccc3)c(OC)c(C(O)Cc3ccccc3)c2)CC1. The number of hydrogen-bond donors (Lipinski definition) is 1. The molecule has 1 atom stereocenters. The van der Waals surface area contributed by atoms with Crippen molar-refractivity contribution < 1.29 is 9.84 Å². The molecule has 0 saturated carbocycles. The zero-order valence-electron chi connectivity index (χ0n) is 18.5. The minimum atomic E-state index is -0.642. The zero-order valence-corrected chi connectivity index (χ0v) is 18.5. The maximum Gasteiger partial charge on any atom is 0.132 e. The van der Waals surface area contributed by atoms with E-state index in [1.54, 1.807) is 7.11 Å². The van der Waals surface area contributed by atoms with Crippen LogP contribution in [0.1, 0.15) is 31.6 Å². The number of hydrogen-bond acceptors (Lipinski definition) is 4. The molecular formula is C28H36N2O2. The molecule has 0 amide bonds. The summed E-state index contributed by atoms with van der Waals surface area (Å²) in [6.07, 6.45) is -0.0879. The third-order valence-corrected chi connectivity index (χ3v) is 6.21. The number of methoxy groups -OCH3 is 1. The van der Waals surface area contributed by atoms with E-state index >= 15 is 0 Å². The summed E-state index contributed by atoms with van der Waals surface area (Å²) < 4.78 is 5.88. The molecule has 1 aliphatic rings. The fraction of sp³-hybridized carbons (Fsp3) is 0.357. The number of ether oxygens (including phenoxy) is 1. The summed E-state index contributed by atoms with van der Waals surface area (Å²) in [7, 11) is 1.69. The Bertz CT molecular complexity index is 967. The van der Waals surface area contributed by atoms with Gasteiger partial charge in [-0.25, -0.2) is 0 Å². The number of aliphatic hydroxyl groups is 1. The predicted molar refractivity (Wildman–Crippen MR) is 135 cm³/mol. The molecule has 0 aliphatic carbocycles. The summed E-state index contributed by atoms with van der Waals surface area (Å²) in [6, 6.07) is 24.8. The largest absolute Gasteiger partial charge is 0.496 e. The first-order valence-electron chi connectivity index (χ1n) is 11.2. The molecule has 0 bridgehead atoms. The number of nitrogens with zero attached hydrogens (tertiary/aromatic N) is 2. The zero-order chi connectivity index (χ0) is 21.6. The molecule has 1 saturated heterocycles. The predicted octanol–water partition coefficient (Wildman–Crippen LogP) is 5.42. The summed E-state index contributed by atoms with van der Waals surface area (Å²) in [5, 5.41) is 11.3. The van der Waals surface area contributed by atoms with Crippen LogP contribution in [0.4, 0.5) is 5.69 Å². The van der Waals surface area contributed by atoms with Crippen LogP contribution in [0.5, 0.6) is 5.75 Å². The average Bonchev–Trinajstić information content (AvgIpc) is 2.84. The highest BCUT2D eigenvalue weighted by Gasteiger charge is 2.23. The Kier molecular flexibility index (Phi) is 8.32. The van der Waals surface area contributed by atoms with Crippen molar-refractivity contribution in [1.82, 2.24) is 4.90 Å². The van der Waals surface area contributed by atoms with Crippen LogP contribution >= 0.6 is 0 Å². The van der Waals surface area contributed by atoms with E-state index in [2.05, 4.69) is 53.1 Å². The van der Waals surface area contributed by atoms with Crippen molar-refractivity contribution >= 4 is 5.69 Å². The number of aliphatic hydroxyl groups excluding tert-OH is 1. The quantitative estimate of drug-likeness (QED) is 0.541. The van der Waals surface area contributed by atoms with Crippen LogP contribution in [0.2, 0.25) is 0 Å². The molecule has 3 aromatic carbocycles. The Morgan fingerprint density at radius 3 is 2.12 bits per heavy atom. The monoisotopic (exact) mass is 432 g/mol. The highest BCUT2D eigenvalue weighted by atomic mass is 16.5. The van der Waals surface area contributed by atoms with E-state index in [1.165, 1.54) is 0 Å². The first kappa shape index (κ1) is 23.8. The summed E-state index contributed by atoms with van der Waals surface area (Å²) in [5.41, 5.74) is 5.24. The van der Waals surface area contributed by atoms with Gasteiger partial charge in [-0.05, 0) is 29.8 Å². The van der Waals surface area contributed by atoms with E-state index in [0.717, 1.165) is 66.4 Å². The summed E-state index contributed by atoms with van der Waals surface area (Å²) in [6.45, 7) is 7.41. The summed E-state index contributed by atoms with van der Waals surface area (Å²) in [4.78, 5) is 4.90. The molecule has 4 rings (SSSR count). The van der Waals surface area contributed by atoms with Crippen molar-refractivity contribution in [3.8, 4) is 16.9 Å². The maximum absolute atomic E-state index is 11.3. The minimum absolute atomic E-state index is 0. The van der Waals surface area contributed by atoms with E-state index in [4.69, 9.17) is 4.74 Å². The van der Waals surface area contributed by atoms with Gasteiger partial charge in [0.2, 0.25) is 0 Å². The van der Waals surface area contributed by atoms with Gasteiger partial charge in [0.15, 0.2) is 0 Å². The van der Waals surface area contributed by atoms with E-state index in [1.807, 2.05) is 36.4 Å². The Labute approximate surface area is 193 Å². The molecule has 1 N–H and O–H groups in total. The average molecular weight is 433 g/mol. The van der Waals surface area contributed by atoms with Gasteiger partial charge < -0.3 is 19.6 Å². The molecule has 1 heterocycles. The lowest BCUT2D eigenvalue weighted by molar-refractivity contribution is 0.174. The fourth-order valence-electron chi connectivity index (χ4n) is 4.40. The van der Waals surface area contributed by atoms with Crippen LogP contribution in [0.25, 0.3) is 11.1 Å². The molecule has 32 heavy (non-hydrogen) atoms. The number of benzene rings is 3. The van der Waals surface area contributed by atoms with E-state index in [9.17, 15) is 5.11 Å². The van der Waals surface area contributed by atoms with E-state index in [-0.39, 0.29) is 7.43 Å². The maximum atomic E-state index is 11.3. The highest BCUT2D eigenvalue weighted by Crippen LogP contribution is 2.41. The highest BCUT2D eigenvalue weighted by molar-refractivity contribution is 5.77. The first-order valence-corrected chi connectivity index (χ1v) is 11.2. The standard InChI is InChI=1S/C27H32N2O2.CH4/c1-3-28-14-16-29(17-15-28)23-19-24(22-12-8-5-9-13-22)27(31-2)25(20-23)26(30)18-21-10-6-4-7-11-21;/h4-13,19-20,26,30H,3,14-18H2,1-2H3;1H4. The second-order valence-corrected chi connectivity index (χ2v) is 8.11. The molecule has 0 radical (unpaired) electrons. The summed E-state index contributed by atoms with van der Waals surface area (Å²) >= 11 is 0. The second kappa shape index (κ2) is 11.2. The van der Waals surface area contributed by atoms with Gasteiger partial charge >= 0.3 is 0 Å². The topological polar surface area (TPSA) is 35.9 Å². The third-order valence-electron chi connectivity index (χ3n) is 6.21. The van der Waals surface area contributed by atoms with Crippen molar-refractivity contribution in [2.24, 2.45) is 0 Å². The molecule has 1 unspecified atom stereocenters. The van der Waals surface area contributed by atoms with Crippen LogP contribution in [-0.2, 0) is 6.42 Å². The van der Waals surface area contributed by atoms with Crippen molar-refractivity contribution in [3.05, 3.63) is 83.9 Å². The van der Waals surface area contributed by atoms with Gasteiger partial charge in [-0.15, -0.1) is 0 Å². The van der Waals surface area contributed by atoms with Crippen LogP contribution in [0.3, 0.4) is 0 Å². The Morgan fingerprint density at radius 1 is 0.906 bits per heavy atom. The number of piperazine rings is 1. The van der Waals surface area contributed by atoms with Crippen LogP contribution in [0, 0.1) is 0 Å². The molecule has 1 fully saturated rings. The van der Waals surface area contributed by atoms with Crippen LogP contribution < -0.4 is 9.64 Å². The van der Waals surface area contributed by atoms with Gasteiger partial charge in [0.1, 0.15) is 5.75 Å². The van der Waals surface area contributed by atoms with Gasteiger partial charge in [-0.2, -0.15) is 0 Å². The lowest BCUT2D eigenvalue weighted by Gasteiger charge is -2.36. The van der Waals surface area contributed by atoms with Gasteiger partial charge in [-0.1, -0.05) is 75.0 Å². The Balaban J connectivity index is 0.00000289. The first-order chi connectivity index (χ1) is 15.2. The summed E-state index contributed by atoms with van der Waals surface area (Å²) in [5.74, 6) is 0.755. The number of anilines is 1. The normalized spacial score (nSPS) is 15.2. The minimum Gasteiger partial charge on any atom is -0.496 e. The van der Waals surface area contributed by atoms with Crippen molar-refractivity contribution in [1.29, 1.82) is 0 Å². The van der Waals surface area contributed by atoms with E-state index in [0.29, 0.717) is 6.42 Å². The fourth-order valence-corrected chi connectivity index (χ4v) is 4.40. The van der Waals surface area contributed by atoms with Gasteiger partial charge in [0.25, 0.3) is 0 Å². The molecule has 0 aromatic heterocycles. The second-order valence-electron chi connectivity index (χ2n) is 8.11. The molecule has 170 valence electrons. The van der Waals surface area contributed by atoms with Crippen molar-refractivity contribution in [3.63, 3.8) is 0 Å². The molecule has 4 nitrogen and oxygen atoms in total. The molecule has 3 aromatic rings. The van der Waals surface area contributed by atoms with Gasteiger partial charge in [0, 0.05) is 49.4 Å². The Morgan fingerprint density at radius 2 is 1.53 bits per heavy atom. The van der Waals surface area contributed by atoms with Gasteiger partial charge in [-0.3, -0.25) is 0 Å². The lowest BCUT2D eigenvalue weighted by Crippen LogP contribution is -2.46. The molecule has 4 heteroatoms. The number of rotatable bonds is 7. The Hall–Kier alpha value is -2.82. The molecule has 0 spiro atoms. The smallest absolute Gasteiger partial charge is 0.132 e. The van der Waals surface area contributed by atoms with Crippen LogP contribution in [0.15, 0.2) is 72.8 Å². The number of likely N-dealkylation sites (N-methyl/N-ethyl adjacent to an activating group) is 1. The van der Waals surface area contributed by atoms with Crippen LogP contribution in [-0.4, -0.2) is 49.8 Å². The molecular weight excluding hydrogens is 396 g/mol. The third kappa shape index (κ3) is 5.32.